The Morgan fingerprint density at radius 1 is 0.972 bits per heavy atom. The molecular formula is C29H31N3O4. The minimum Gasteiger partial charge on any atom is -0.466 e. The summed E-state index contributed by atoms with van der Waals surface area (Å²) in [5, 5.41) is 6.33. The summed E-state index contributed by atoms with van der Waals surface area (Å²) in [6.07, 6.45) is 0.153. The first-order valence-electron chi connectivity index (χ1n) is 12.2. The topological polar surface area (TPSA) is 93.5 Å². The van der Waals surface area contributed by atoms with E-state index >= 15 is 0 Å². The predicted molar refractivity (Wildman–Crippen MR) is 141 cm³/mol. The molecule has 0 aliphatic carbocycles. The number of oxazole rings is 1. The van der Waals surface area contributed by atoms with Gasteiger partial charge in [0, 0.05) is 23.4 Å². The Kier molecular flexibility index (Phi) is 8.00. The van der Waals surface area contributed by atoms with E-state index in [1.165, 1.54) is 0 Å². The Labute approximate surface area is 210 Å². The molecule has 0 saturated carbocycles. The van der Waals surface area contributed by atoms with E-state index in [0.717, 1.165) is 27.9 Å². The number of esters is 1. The zero-order chi connectivity index (χ0) is 25.5. The van der Waals surface area contributed by atoms with E-state index in [2.05, 4.69) is 41.6 Å². The van der Waals surface area contributed by atoms with Crippen molar-refractivity contribution in [2.75, 3.05) is 18.5 Å². The van der Waals surface area contributed by atoms with Crippen LogP contribution >= 0.6 is 0 Å². The average molecular weight is 486 g/mol. The second kappa shape index (κ2) is 11.5. The van der Waals surface area contributed by atoms with E-state index in [1.807, 2.05) is 48.5 Å². The third-order valence-corrected chi connectivity index (χ3v) is 5.87. The molecule has 0 unspecified atom stereocenters. The van der Waals surface area contributed by atoms with Gasteiger partial charge in [-0.1, -0.05) is 38.1 Å². The number of aromatic nitrogens is 1. The van der Waals surface area contributed by atoms with Gasteiger partial charge in [0.15, 0.2) is 5.58 Å². The maximum atomic E-state index is 12.4. The highest BCUT2D eigenvalue weighted by atomic mass is 16.5. The molecule has 7 nitrogen and oxygen atoms in total. The third-order valence-electron chi connectivity index (χ3n) is 5.87. The highest BCUT2D eigenvalue weighted by Gasteiger charge is 2.17. The van der Waals surface area contributed by atoms with Gasteiger partial charge in [-0.3, -0.25) is 9.59 Å². The molecule has 0 fully saturated rings. The number of hydrogen-bond acceptors (Lipinski definition) is 6. The fourth-order valence-corrected chi connectivity index (χ4v) is 3.97. The van der Waals surface area contributed by atoms with Crippen molar-refractivity contribution in [3.05, 3.63) is 83.9 Å². The molecule has 1 atom stereocenters. The first kappa shape index (κ1) is 25.0. The second-order valence-corrected chi connectivity index (χ2v) is 8.86. The largest absolute Gasteiger partial charge is 0.466 e. The quantitative estimate of drug-likeness (QED) is 0.268. The van der Waals surface area contributed by atoms with Gasteiger partial charge >= 0.3 is 5.97 Å². The molecule has 0 spiro atoms. The first-order valence-corrected chi connectivity index (χ1v) is 12.2. The Hall–Kier alpha value is -4.13. The number of benzene rings is 3. The molecule has 7 heteroatoms. The summed E-state index contributed by atoms with van der Waals surface area (Å²) in [5.74, 6) is 0.388. The zero-order valence-corrected chi connectivity index (χ0v) is 20.8. The second-order valence-electron chi connectivity index (χ2n) is 8.86. The van der Waals surface area contributed by atoms with E-state index in [9.17, 15) is 9.59 Å². The highest BCUT2D eigenvalue weighted by molar-refractivity contribution is 5.94. The normalized spacial score (nSPS) is 11.9. The van der Waals surface area contributed by atoms with E-state index in [-0.39, 0.29) is 30.9 Å². The summed E-state index contributed by atoms with van der Waals surface area (Å²) in [6.45, 7) is 6.66. The number of fused-ring (bicyclic) bond motifs is 1. The van der Waals surface area contributed by atoms with Gasteiger partial charge in [0.2, 0.25) is 5.89 Å². The van der Waals surface area contributed by atoms with Crippen LogP contribution in [0.4, 0.5) is 5.69 Å². The van der Waals surface area contributed by atoms with Crippen LogP contribution in [0.15, 0.2) is 77.2 Å². The molecule has 0 radical (unpaired) electrons. The summed E-state index contributed by atoms with van der Waals surface area (Å²) in [4.78, 5) is 28.4. The Morgan fingerprint density at radius 2 is 1.69 bits per heavy atom. The summed E-state index contributed by atoms with van der Waals surface area (Å²) >= 11 is 0. The van der Waals surface area contributed by atoms with Crippen molar-refractivity contribution in [2.24, 2.45) is 5.92 Å². The number of ether oxygens (including phenoxy) is 1. The smallest absolute Gasteiger partial charge is 0.307 e. The van der Waals surface area contributed by atoms with Gasteiger partial charge in [0.1, 0.15) is 5.52 Å². The fraction of sp³-hybridized carbons (Fsp3) is 0.276. The molecule has 1 amide bonds. The number of amides is 1. The van der Waals surface area contributed by atoms with Gasteiger partial charge < -0.3 is 19.8 Å². The molecule has 4 aromatic rings. The number of hydrogen-bond donors (Lipinski definition) is 2. The number of carbonyl (C=O) groups excluding carboxylic acids is 2. The molecule has 0 aliphatic rings. The maximum Gasteiger partial charge on any atom is 0.307 e. The van der Waals surface area contributed by atoms with Crippen molar-refractivity contribution in [1.29, 1.82) is 0 Å². The third kappa shape index (κ3) is 6.10. The zero-order valence-electron chi connectivity index (χ0n) is 20.8. The van der Waals surface area contributed by atoms with Crippen molar-refractivity contribution in [2.45, 2.75) is 33.2 Å². The molecule has 3 aromatic carbocycles. The Morgan fingerprint density at radius 3 is 2.36 bits per heavy atom. The minimum atomic E-state index is -0.320. The summed E-state index contributed by atoms with van der Waals surface area (Å²) < 4.78 is 10.8. The van der Waals surface area contributed by atoms with Crippen molar-refractivity contribution in [1.82, 2.24) is 10.3 Å². The maximum absolute atomic E-state index is 12.4. The lowest BCUT2D eigenvalue weighted by Gasteiger charge is -2.24. The lowest BCUT2D eigenvalue weighted by Crippen LogP contribution is -2.26. The van der Waals surface area contributed by atoms with E-state index in [0.29, 0.717) is 24.0 Å². The number of carbonyl (C=O) groups is 2. The average Bonchev–Trinajstić information content (AvgIpc) is 3.32. The molecule has 4 rings (SSSR count). The summed E-state index contributed by atoms with van der Waals surface area (Å²) in [7, 11) is 0. The molecule has 36 heavy (non-hydrogen) atoms. The molecule has 0 saturated heterocycles. The lowest BCUT2D eigenvalue weighted by atomic mass is 9.94. The molecule has 186 valence electrons. The van der Waals surface area contributed by atoms with Gasteiger partial charge in [-0.2, -0.15) is 0 Å². The number of nitrogens with one attached hydrogen (secondary N) is 2. The number of anilines is 1. The van der Waals surface area contributed by atoms with Crippen LogP contribution in [-0.4, -0.2) is 30.0 Å². The molecule has 1 aromatic heterocycles. The van der Waals surface area contributed by atoms with Crippen LogP contribution in [-0.2, 0) is 9.53 Å². The van der Waals surface area contributed by atoms with Gasteiger partial charge in [0.05, 0.1) is 19.1 Å². The minimum absolute atomic E-state index is 0.0759. The number of para-hydroxylation sites is 2. The van der Waals surface area contributed by atoms with Crippen LogP contribution in [0, 0.1) is 5.92 Å². The van der Waals surface area contributed by atoms with Crippen LogP contribution in [0.2, 0.25) is 0 Å². The standard InChI is InChI=1S/C29H31N3O4/c1-4-35-26(33)17-18-30-28(34)21-13-15-23(16-14-21)31-27(19(2)3)20-9-11-22(12-10-20)29-32-24-7-5-6-8-25(24)36-29/h5-16,19,27,31H,4,17-18H2,1-3H3,(H,30,34)/t27-/m0/s1. The Balaban J connectivity index is 1.40. The molecule has 1 heterocycles. The van der Waals surface area contributed by atoms with E-state index in [1.54, 1.807) is 19.1 Å². The summed E-state index contributed by atoms with van der Waals surface area (Å²) in [5.41, 5.74) is 5.14. The Bertz CT molecular complexity index is 1280. The fourth-order valence-electron chi connectivity index (χ4n) is 3.97. The van der Waals surface area contributed by atoms with Crippen LogP contribution in [0.3, 0.4) is 0 Å². The highest BCUT2D eigenvalue weighted by Crippen LogP contribution is 2.30. The van der Waals surface area contributed by atoms with Gasteiger partial charge in [0.25, 0.3) is 5.91 Å². The number of rotatable bonds is 10. The van der Waals surface area contributed by atoms with Gasteiger partial charge in [-0.25, -0.2) is 4.98 Å². The van der Waals surface area contributed by atoms with Crippen molar-refractivity contribution < 1.29 is 18.7 Å². The first-order chi connectivity index (χ1) is 17.4. The van der Waals surface area contributed by atoms with Gasteiger partial charge in [-0.05, 0) is 66.9 Å². The number of nitrogens with zero attached hydrogens (tertiary/aromatic N) is 1. The molecule has 2 N–H and O–H groups in total. The molecular weight excluding hydrogens is 454 g/mol. The van der Waals surface area contributed by atoms with Crippen molar-refractivity contribution in [3.63, 3.8) is 0 Å². The predicted octanol–water partition coefficient (Wildman–Crippen LogP) is 5.99. The SMILES string of the molecule is CCOC(=O)CCNC(=O)c1ccc(N[C@H](c2ccc(-c3nc4ccccc4o3)cc2)C(C)C)cc1. The monoisotopic (exact) mass is 485 g/mol. The lowest BCUT2D eigenvalue weighted by molar-refractivity contribution is -0.142. The van der Waals surface area contributed by atoms with E-state index < -0.39 is 0 Å². The van der Waals surface area contributed by atoms with Crippen molar-refractivity contribution >= 4 is 28.7 Å². The molecule has 0 bridgehead atoms. The summed E-state index contributed by atoms with van der Waals surface area (Å²) in [6, 6.07) is 23.4. The van der Waals surface area contributed by atoms with Crippen LogP contribution in [0.25, 0.3) is 22.6 Å². The van der Waals surface area contributed by atoms with Crippen LogP contribution in [0.5, 0.6) is 0 Å². The van der Waals surface area contributed by atoms with Crippen molar-refractivity contribution in [3.8, 4) is 11.5 Å². The van der Waals surface area contributed by atoms with E-state index in [4.69, 9.17) is 9.15 Å². The van der Waals surface area contributed by atoms with Gasteiger partial charge in [-0.15, -0.1) is 0 Å². The van der Waals surface area contributed by atoms with Crippen LogP contribution < -0.4 is 10.6 Å². The van der Waals surface area contributed by atoms with Crippen LogP contribution in [0.1, 0.15) is 49.2 Å². The molecule has 0 aliphatic heterocycles.